The lowest BCUT2D eigenvalue weighted by molar-refractivity contribution is -0.143. The molecule has 0 aromatic carbocycles. The van der Waals surface area contributed by atoms with Crippen molar-refractivity contribution < 1.29 is 14.3 Å². The zero-order valence-electron chi connectivity index (χ0n) is 12.2. The number of likely N-dealkylation sites (N-methyl/N-ethyl adjacent to an activating group) is 1. The maximum absolute atomic E-state index is 12.0. The summed E-state index contributed by atoms with van der Waals surface area (Å²) in [5, 5.41) is 2.95. The molecule has 0 heterocycles. The van der Waals surface area contributed by atoms with Crippen molar-refractivity contribution in [2.75, 3.05) is 20.2 Å². The fourth-order valence-corrected chi connectivity index (χ4v) is 1.79. The number of carbonyl (C=O) groups is 2. The van der Waals surface area contributed by atoms with E-state index in [1.54, 1.807) is 11.8 Å². The summed E-state index contributed by atoms with van der Waals surface area (Å²) in [7, 11) is 1.35. The Hall–Kier alpha value is -1.10. The highest BCUT2D eigenvalue weighted by Crippen LogP contribution is 2.02. The molecule has 0 spiro atoms. The van der Waals surface area contributed by atoms with Crippen LogP contribution in [-0.4, -0.2) is 49.1 Å². The van der Waals surface area contributed by atoms with Crippen LogP contribution in [0.1, 0.15) is 40.5 Å². The minimum atomic E-state index is -0.326. The molecule has 0 aliphatic rings. The molecule has 18 heavy (non-hydrogen) atoms. The van der Waals surface area contributed by atoms with Crippen molar-refractivity contribution in [3.05, 3.63) is 0 Å². The second-order valence-corrected chi connectivity index (χ2v) is 4.51. The molecule has 2 atom stereocenters. The standard InChI is InChI=1S/C13H26N2O3/c1-6-8-10(3)14-13(17)11(4)15(7-2)9-12(16)18-5/h10-11H,6-9H2,1-5H3,(H,14,17). The number of amides is 1. The number of rotatable bonds is 8. The highest BCUT2D eigenvalue weighted by molar-refractivity contribution is 5.82. The van der Waals surface area contributed by atoms with Gasteiger partial charge >= 0.3 is 5.97 Å². The molecular formula is C13H26N2O3. The van der Waals surface area contributed by atoms with Crippen LogP contribution in [0, 0.1) is 0 Å². The SMILES string of the molecule is CCCC(C)NC(=O)C(C)N(CC)CC(=O)OC. The van der Waals surface area contributed by atoms with Gasteiger partial charge in [0, 0.05) is 6.04 Å². The second kappa shape index (κ2) is 8.91. The highest BCUT2D eigenvalue weighted by atomic mass is 16.5. The van der Waals surface area contributed by atoms with Crippen molar-refractivity contribution in [1.29, 1.82) is 0 Å². The zero-order chi connectivity index (χ0) is 14.1. The van der Waals surface area contributed by atoms with Gasteiger partial charge in [0.1, 0.15) is 0 Å². The van der Waals surface area contributed by atoms with E-state index in [1.807, 2.05) is 13.8 Å². The predicted octanol–water partition coefficient (Wildman–Crippen LogP) is 1.17. The van der Waals surface area contributed by atoms with Crippen molar-refractivity contribution in [3.63, 3.8) is 0 Å². The molecule has 0 radical (unpaired) electrons. The summed E-state index contributed by atoms with van der Waals surface area (Å²) in [6.45, 7) is 8.57. The number of nitrogens with zero attached hydrogens (tertiary/aromatic N) is 1. The first-order valence-corrected chi connectivity index (χ1v) is 6.57. The number of hydrogen-bond donors (Lipinski definition) is 1. The maximum atomic E-state index is 12.0. The van der Waals surface area contributed by atoms with Crippen LogP contribution in [0.15, 0.2) is 0 Å². The summed E-state index contributed by atoms with van der Waals surface area (Å²) in [5.41, 5.74) is 0. The molecule has 0 aliphatic heterocycles. The van der Waals surface area contributed by atoms with E-state index in [2.05, 4.69) is 17.0 Å². The van der Waals surface area contributed by atoms with E-state index < -0.39 is 0 Å². The molecule has 106 valence electrons. The van der Waals surface area contributed by atoms with Crippen LogP contribution in [0.3, 0.4) is 0 Å². The van der Waals surface area contributed by atoms with E-state index in [9.17, 15) is 9.59 Å². The summed E-state index contributed by atoms with van der Waals surface area (Å²) in [5.74, 6) is -0.361. The van der Waals surface area contributed by atoms with E-state index >= 15 is 0 Å². The van der Waals surface area contributed by atoms with Gasteiger partial charge in [0.05, 0.1) is 19.7 Å². The quantitative estimate of drug-likeness (QED) is 0.664. The van der Waals surface area contributed by atoms with Gasteiger partial charge in [0.25, 0.3) is 0 Å². The van der Waals surface area contributed by atoms with Crippen molar-refractivity contribution in [3.8, 4) is 0 Å². The van der Waals surface area contributed by atoms with Gasteiger partial charge in [0.15, 0.2) is 0 Å². The number of nitrogens with one attached hydrogen (secondary N) is 1. The number of esters is 1. The summed E-state index contributed by atoms with van der Waals surface area (Å²) in [6, 6.07) is -0.157. The first-order chi connectivity index (χ1) is 8.46. The zero-order valence-corrected chi connectivity index (χ0v) is 12.2. The molecule has 0 aliphatic carbocycles. The topological polar surface area (TPSA) is 58.6 Å². The second-order valence-electron chi connectivity index (χ2n) is 4.51. The summed E-state index contributed by atoms with van der Waals surface area (Å²) < 4.78 is 4.62. The van der Waals surface area contributed by atoms with Gasteiger partial charge in [0.2, 0.25) is 5.91 Å². The van der Waals surface area contributed by atoms with Crippen LogP contribution in [0.4, 0.5) is 0 Å². The van der Waals surface area contributed by atoms with Gasteiger partial charge in [-0.3, -0.25) is 14.5 Å². The Bertz CT molecular complexity index is 269. The molecule has 5 heteroatoms. The third kappa shape index (κ3) is 6.00. The molecule has 0 saturated heterocycles. The van der Waals surface area contributed by atoms with Gasteiger partial charge in [-0.15, -0.1) is 0 Å². The Morgan fingerprint density at radius 3 is 2.33 bits per heavy atom. The summed E-state index contributed by atoms with van der Waals surface area (Å²) >= 11 is 0. The Morgan fingerprint density at radius 2 is 1.89 bits per heavy atom. The summed E-state index contributed by atoms with van der Waals surface area (Å²) in [6.07, 6.45) is 2.00. The van der Waals surface area contributed by atoms with Crippen LogP contribution >= 0.6 is 0 Å². The molecule has 0 bridgehead atoms. The maximum Gasteiger partial charge on any atom is 0.319 e. The van der Waals surface area contributed by atoms with Crippen molar-refractivity contribution in [2.24, 2.45) is 0 Å². The smallest absolute Gasteiger partial charge is 0.319 e. The molecule has 0 fully saturated rings. The molecule has 2 unspecified atom stereocenters. The summed E-state index contributed by atoms with van der Waals surface area (Å²) in [4.78, 5) is 25.0. The highest BCUT2D eigenvalue weighted by Gasteiger charge is 2.23. The molecular weight excluding hydrogens is 232 g/mol. The number of ether oxygens (including phenoxy) is 1. The molecule has 1 amide bonds. The van der Waals surface area contributed by atoms with E-state index in [1.165, 1.54) is 7.11 Å². The lowest BCUT2D eigenvalue weighted by Crippen LogP contribution is -2.49. The Balaban J connectivity index is 4.35. The largest absolute Gasteiger partial charge is 0.468 e. The average Bonchev–Trinajstić information content (AvgIpc) is 2.34. The molecule has 0 aromatic heterocycles. The Morgan fingerprint density at radius 1 is 1.28 bits per heavy atom. The first-order valence-electron chi connectivity index (χ1n) is 6.57. The Kier molecular flexibility index (Phi) is 8.37. The average molecular weight is 258 g/mol. The minimum absolute atomic E-state index is 0.0401. The minimum Gasteiger partial charge on any atom is -0.468 e. The number of carbonyl (C=O) groups excluding carboxylic acids is 2. The van der Waals surface area contributed by atoms with Gasteiger partial charge in [-0.2, -0.15) is 0 Å². The van der Waals surface area contributed by atoms with Gasteiger partial charge in [-0.1, -0.05) is 20.3 Å². The number of methoxy groups -OCH3 is 1. The monoisotopic (exact) mass is 258 g/mol. The lowest BCUT2D eigenvalue weighted by Gasteiger charge is -2.27. The van der Waals surface area contributed by atoms with E-state index in [-0.39, 0.29) is 30.5 Å². The molecule has 0 saturated carbocycles. The molecule has 0 aromatic rings. The normalized spacial score (nSPS) is 14.1. The Labute approximate surface area is 110 Å². The van der Waals surface area contributed by atoms with Crippen molar-refractivity contribution in [2.45, 2.75) is 52.6 Å². The van der Waals surface area contributed by atoms with Crippen molar-refractivity contribution in [1.82, 2.24) is 10.2 Å². The van der Waals surface area contributed by atoms with Gasteiger partial charge in [-0.25, -0.2) is 0 Å². The van der Waals surface area contributed by atoms with Crippen LogP contribution in [-0.2, 0) is 14.3 Å². The third-order valence-electron chi connectivity index (χ3n) is 3.00. The van der Waals surface area contributed by atoms with Crippen LogP contribution in [0.25, 0.3) is 0 Å². The van der Waals surface area contributed by atoms with Crippen LogP contribution < -0.4 is 5.32 Å². The van der Waals surface area contributed by atoms with E-state index in [4.69, 9.17) is 0 Å². The molecule has 0 rings (SSSR count). The lowest BCUT2D eigenvalue weighted by atomic mass is 10.1. The van der Waals surface area contributed by atoms with Crippen molar-refractivity contribution >= 4 is 11.9 Å². The molecule has 1 N–H and O–H groups in total. The van der Waals surface area contributed by atoms with Crippen LogP contribution in [0.2, 0.25) is 0 Å². The predicted molar refractivity (Wildman–Crippen MR) is 71.2 cm³/mol. The molecule has 5 nitrogen and oxygen atoms in total. The number of hydrogen-bond acceptors (Lipinski definition) is 4. The fourth-order valence-electron chi connectivity index (χ4n) is 1.79. The van der Waals surface area contributed by atoms with E-state index in [0.717, 1.165) is 12.8 Å². The van der Waals surface area contributed by atoms with Gasteiger partial charge in [-0.05, 0) is 26.8 Å². The van der Waals surface area contributed by atoms with E-state index in [0.29, 0.717) is 6.54 Å². The van der Waals surface area contributed by atoms with Crippen LogP contribution in [0.5, 0.6) is 0 Å². The first kappa shape index (κ1) is 16.9. The third-order valence-corrected chi connectivity index (χ3v) is 3.00. The van der Waals surface area contributed by atoms with Gasteiger partial charge < -0.3 is 10.1 Å². The fraction of sp³-hybridized carbons (Fsp3) is 0.846.